The highest BCUT2D eigenvalue weighted by atomic mass is 19.4. The summed E-state index contributed by atoms with van der Waals surface area (Å²) in [7, 11) is 0. The zero-order chi connectivity index (χ0) is 16.8. The largest absolute Gasteiger partial charge is 0.484 e. The van der Waals surface area contributed by atoms with Crippen molar-refractivity contribution in [2.75, 3.05) is 19.7 Å². The highest BCUT2D eigenvalue weighted by molar-refractivity contribution is 5.82. The van der Waals surface area contributed by atoms with E-state index in [2.05, 4.69) is 0 Å². The summed E-state index contributed by atoms with van der Waals surface area (Å²) >= 11 is 0. The number of carboxylic acids is 1. The summed E-state index contributed by atoms with van der Waals surface area (Å²) in [6, 6.07) is 3.91. The quantitative estimate of drug-likeness (QED) is 0.838. The molecule has 22 heavy (non-hydrogen) atoms. The molecule has 0 atom stereocenters. The van der Waals surface area contributed by atoms with Crippen molar-refractivity contribution < 1.29 is 32.6 Å². The second-order valence-corrected chi connectivity index (χ2v) is 4.52. The van der Waals surface area contributed by atoms with Crippen molar-refractivity contribution in [3.8, 4) is 5.75 Å². The molecule has 0 bridgehead atoms. The van der Waals surface area contributed by atoms with Gasteiger partial charge < -0.3 is 14.7 Å². The van der Waals surface area contributed by atoms with Gasteiger partial charge >= 0.3 is 12.1 Å². The van der Waals surface area contributed by atoms with Gasteiger partial charge in [0.1, 0.15) is 12.3 Å². The van der Waals surface area contributed by atoms with Crippen molar-refractivity contribution in [3.05, 3.63) is 29.8 Å². The number of ether oxygens (including phenoxy) is 1. The minimum absolute atomic E-state index is 0.105. The Hall–Kier alpha value is -2.25. The maximum absolute atomic E-state index is 12.4. The van der Waals surface area contributed by atoms with Crippen LogP contribution in [0.1, 0.15) is 18.9 Å². The van der Waals surface area contributed by atoms with Gasteiger partial charge in [0, 0.05) is 6.54 Å². The van der Waals surface area contributed by atoms with Crippen LogP contribution in [0.4, 0.5) is 13.2 Å². The second-order valence-electron chi connectivity index (χ2n) is 4.52. The van der Waals surface area contributed by atoms with Gasteiger partial charge in [0.2, 0.25) is 0 Å². The monoisotopic (exact) mass is 319 g/mol. The van der Waals surface area contributed by atoms with E-state index in [1.54, 1.807) is 6.92 Å². The second kappa shape index (κ2) is 7.67. The van der Waals surface area contributed by atoms with Crippen LogP contribution in [0.2, 0.25) is 0 Å². The highest BCUT2D eigenvalue weighted by Gasteiger charge is 2.30. The van der Waals surface area contributed by atoms with Gasteiger partial charge in [-0.05, 0) is 30.7 Å². The number of hydrogen-bond donors (Lipinski definition) is 1. The summed E-state index contributed by atoms with van der Waals surface area (Å²) in [5, 5.41) is 8.71. The molecular weight excluding hydrogens is 303 g/mol. The molecule has 1 amide bonds. The number of carbonyl (C=O) groups excluding carboxylic acids is 1. The van der Waals surface area contributed by atoms with Crippen molar-refractivity contribution in [1.82, 2.24) is 4.90 Å². The highest BCUT2D eigenvalue weighted by Crippen LogP contribution is 2.30. The van der Waals surface area contributed by atoms with Crippen molar-refractivity contribution in [2.24, 2.45) is 0 Å². The predicted molar refractivity (Wildman–Crippen MR) is 71.4 cm³/mol. The first-order valence-electron chi connectivity index (χ1n) is 6.53. The minimum Gasteiger partial charge on any atom is -0.484 e. The number of carbonyl (C=O) groups is 2. The topological polar surface area (TPSA) is 66.8 Å². The lowest BCUT2D eigenvalue weighted by Gasteiger charge is -2.20. The molecule has 0 aliphatic heterocycles. The number of amides is 1. The van der Waals surface area contributed by atoms with Crippen LogP contribution in [-0.2, 0) is 15.8 Å². The van der Waals surface area contributed by atoms with E-state index in [9.17, 15) is 22.8 Å². The van der Waals surface area contributed by atoms with Gasteiger partial charge in [-0.2, -0.15) is 13.2 Å². The maximum Gasteiger partial charge on any atom is 0.416 e. The van der Waals surface area contributed by atoms with E-state index in [4.69, 9.17) is 9.84 Å². The van der Waals surface area contributed by atoms with E-state index < -0.39 is 36.8 Å². The van der Waals surface area contributed by atoms with Crippen LogP contribution in [0, 0.1) is 0 Å². The van der Waals surface area contributed by atoms with Crippen LogP contribution in [0.25, 0.3) is 0 Å². The van der Waals surface area contributed by atoms with Crippen molar-refractivity contribution in [3.63, 3.8) is 0 Å². The third kappa shape index (κ3) is 5.63. The standard InChI is InChI=1S/C14H16F3NO4/c1-2-7-18(8-13(20)21)12(19)9-22-11-5-3-10(4-6-11)14(15,16)17/h3-6H,2,7-9H2,1H3,(H,20,21). The number of alkyl halides is 3. The van der Waals surface area contributed by atoms with Gasteiger partial charge in [0.15, 0.2) is 6.61 Å². The Bertz CT molecular complexity index is 514. The van der Waals surface area contributed by atoms with E-state index in [1.807, 2.05) is 0 Å². The fourth-order valence-corrected chi connectivity index (χ4v) is 1.70. The molecule has 0 spiro atoms. The van der Waals surface area contributed by atoms with Gasteiger partial charge in [0.25, 0.3) is 5.91 Å². The number of hydrogen-bond acceptors (Lipinski definition) is 3. The lowest BCUT2D eigenvalue weighted by atomic mass is 10.2. The Morgan fingerprint density at radius 2 is 1.82 bits per heavy atom. The average molecular weight is 319 g/mol. The van der Waals surface area contributed by atoms with Gasteiger partial charge in [0.05, 0.1) is 5.56 Å². The van der Waals surface area contributed by atoms with E-state index in [0.29, 0.717) is 6.42 Å². The zero-order valence-corrected chi connectivity index (χ0v) is 11.9. The Labute approximate surface area is 125 Å². The number of benzene rings is 1. The van der Waals surface area contributed by atoms with E-state index in [1.165, 1.54) is 0 Å². The molecule has 0 radical (unpaired) electrons. The van der Waals surface area contributed by atoms with Crippen LogP contribution in [0.15, 0.2) is 24.3 Å². The lowest BCUT2D eigenvalue weighted by Crippen LogP contribution is -2.39. The molecule has 0 saturated carbocycles. The first-order chi connectivity index (χ1) is 10.2. The van der Waals surface area contributed by atoms with E-state index in [-0.39, 0.29) is 12.3 Å². The average Bonchev–Trinajstić information content (AvgIpc) is 2.43. The van der Waals surface area contributed by atoms with Crippen molar-refractivity contribution in [2.45, 2.75) is 19.5 Å². The van der Waals surface area contributed by atoms with Gasteiger partial charge in [-0.25, -0.2) is 0 Å². The fourth-order valence-electron chi connectivity index (χ4n) is 1.70. The molecule has 0 heterocycles. The van der Waals surface area contributed by atoms with Gasteiger partial charge in [-0.1, -0.05) is 6.92 Å². The van der Waals surface area contributed by atoms with Crippen LogP contribution in [0.3, 0.4) is 0 Å². The van der Waals surface area contributed by atoms with Crippen LogP contribution < -0.4 is 4.74 Å². The first-order valence-corrected chi connectivity index (χ1v) is 6.53. The SMILES string of the molecule is CCCN(CC(=O)O)C(=O)COc1ccc(C(F)(F)F)cc1. The van der Waals surface area contributed by atoms with Crippen molar-refractivity contribution in [1.29, 1.82) is 0 Å². The fraction of sp³-hybridized carbons (Fsp3) is 0.429. The summed E-state index contributed by atoms with van der Waals surface area (Å²) in [5.41, 5.74) is -0.815. The molecule has 0 aliphatic carbocycles. The normalized spacial score (nSPS) is 11.1. The van der Waals surface area contributed by atoms with Gasteiger partial charge in [-0.15, -0.1) is 0 Å². The Balaban J connectivity index is 2.60. The Kier molecular flexibility index (Phi) is 6.21. The summed E-state index contributed by atoms with van der Waals surface area (Å²) in [6.07, 6.45) is -3.85. The molecule has 8 heteroatoms. The summed E-state index contributed by atoms with van der Waals surface area (Å²) < 4.78 is 42.3. The molecule has 0 fully saturated rings. The third-order valence-electron chi connectivity index (χ3n) is 2.72. The van der Waals surface area contributed by atoms with E-state index in [0.717, 1.165) is 29.2 Å². The summed E-state index contributed by atoms with van der Waals surface area (Å²) in [4.78, 5) is 23.6. The molecule has 0 aliphatic rings. The lowest BCUT2D eigenvalue weighted by molar-refractivity contribution is -0.145. The Morgan fingerprint density at radius 1 is 1.23 bits per heavy atom. The third-order valence-corrected chi connectivity index (χ3v) is 2.72. The molecule has 1 rings (SSSR count). The summed E-state index contributed by atoms with van der Waals surface area (Å²) in [5.74, 6) is -1.58. The Morgan fingerprint density at radius 3 is 2.27 bits per heavy atom. The van der Waals surface area contributed by atoms with Crippen molar-refractivity contribution >= 4 is 11.9 Å². The molecule has 1 N–H and O–H groups in total. The van der Waals surface area contributed by atoms with Gasteiger partial charge in [-0.3, -0.25) is 9.59 Å². The number of halogens is 3. The molecule has 5 nitrogen and oxygen atoms in total. The first kappa shape index (κ1) is 17.8. The molecule has 122 valence electrons. The number of carboxylic acid groups (broad SMARTS) is 1. The molecule has 0 saturated heterocycles. The number of rotatable bonds is 7. The van der Waals surface area contributed by atoms with E-state index >= 15 is 0 Å². The smallest absolute Gasteiger partial charge is 0.416 e. The van der Waals surface area contributed by atoms with Crippen LogP contribution in [0.5, 0.6) is 5.75 Å². The maximum atomic E-state index is 12.4. The number of nitrogens with zero attached hydrogens (tertiary/aromatic N) is 1. The van der Waals surface area contributed by atoms with Crippen LogP contribution in [-0.4, -0.2) is 41.6 Å². The van der Waals surface area contributed by atoms with Crippen LogP contribution >= 0.6 is 0 Å². The minimum atomic E-state index is -4.44. The molecule has 0 aromatic heterocycles. The molecule has 1 aromatic rings. The predicted octanol–water partition coefficient (Wildman–Crippen LogP) is 2.41. The summed E-state index contributed by atoms with van der Waals surface area (Å²) in [6.45, 7) is 1.18. The molecule has 0 unspecified atom stereocenters. The molecule has 1 aromatic carbocycles. The molecular formula is C14H16F3NO4. The zero-order valence-electron chi connectivity index (χ0n) is 11.9. The number of aliphatic carboxylic acids is 1.